The van der Waals surface area contributed by atoms with Gasteiger partial charge in [0.25, 0.3) is 5.56 Å². The van der Waals surface area contributed by atoms with Crippen molar-refractivity contribution in [1.29, 1.82) is 5.26 Å². The number of fused-ring (bicyclic) bond motifs is 1. The lowest BCUT2D eigenvalue weighted by molar-refractivity contribution is -0.139. The number of hydrogen-bond acceptors (Lipinski definition) is 8. The van der Waals surface area contributed by atoms with Gasteiger partial charge in [-0.2, -0.15) is 5.26 Å². The van der Waals surface area contributed by atoms with Crippen molar-refractivity contribution in [2.75, 3.05) is 6.61 Å². The van der Waals surface area contributed by atoms with Gasteiger partial charge in [0.15, 0.2) is 4.80 Å². The van der Waals surface area contributed by atoms with Gasteiger partial charge in [-0.25, -0.2) is 9.79 Å². The van der Waals surface area contributed by atoms with Crippen LogP contribution in [0.15, 0.2) is 90.7 Å². The average Bonchev–Trinajstić information content (AvgIpc) is 3.30. The second kappa shape index (κ2) is 14.0. The molecule has 0 radical (unpaired) electrons. The van der Waals surface area contributed by atoms with Gasteiger partial charge in [-0.15, -0.1) is 0 Å². The third-order valence-corrected chi connectivity index (χ3v) is 8.96. The molecule has 0 saturated heterocycles. The summed E-state index contributed by atoms with van der Waals surface area (Å²) in [5.41, 5.74) is 2.98. The molecule has 45 heavy (non-hydrogen) atoms. The van der Waals surface area contributed by atoms with Crippen LogP contribution in [0.5, 0.6) is 11.5 Å². The number of nitriles is 1. The molecule has 0 bridgehead atoms. The second-order valence-electron chi connectivity index (χ2n) is 10.4. The highest BCUT2D eigenvalue weighted by atomic mass is 79.9. The molecular formula is C34H29Br2N3O5S. The lowest BCUT2D eigenvalue weighted by atomic mass is 9.95. The topological polar surface area (TPSA) is 103 Å². The Morgan fingerprint density at radius 2 is 1.89 bits per heavy atom. The van der Waals surface area contributed by atoms with Crippen LogP contribution in [0.4, 0.5) is 0 Å². The van der Waals surface area contributed by atoms with E-state index in [1.54, 1.807) is 32.1 Å². The van der Waals surface area contributed by atoms with Crippen LogP contribution in [-0.4, -0.2) is 23.2 Å². The molecule has 0 spiro atoms. The molecule has 3 aromatic carbocycles. The van der Waals surface area contributed by atoms with E-state index in [9.17, 15) is 14.9 Å². The minimum absolute atomic E-state index is 0.133. The number of aromatic nitrogens is 1. The van der Waals surface area contributed by atoms with Gasteiger partial charge in [0, 0.05) is 21.2 Å². The van der Waals surface area contributed by atoms with E-state index in [0.717, 1.165) is 10.0 Å². The van der Waals surface area contributed by atoms with Crippen LogP contribution in [0.2, 0.25) is 0 Å². The van der Waals surface area contributed by atoms with E-state index in [0.29, 0.717) is 47.7 Å². The van der Waals surface area contributed by atoms with Crippen molar-refractivity contribution in [3.8, 4) is 17.6 Å². The van der Waals surface area contributed by atoms with E-state index >= 15 is 0 Å². The third-order valence-electron chi connectivity index (χ3n) is 6.93. The Kier molecular flexibility index (Phi) is 10.1. The van der Waals surface area contributed by atoms with Gasteiger partial charge in [-0.3, -0.25) is 9.36 Å². The van der Waals surface area contributed by atoms with Crippen molar-refractivity contribution >= 4 is 55.2 Å². The largest absolute Gasteiger partial charge is 0.491 e. The minimum Gasteiger partial charge on any atom is -0.491 e. The lowest BCUT2D eigenvalue weighted by Crippen LogP contribution is -2.40. The van der Waals surface area contributed by atoms with Crippen LogP contribution in [0.25, 0.3) is 6.08 Å². The van der Waals surface area contributed by atoms with Gasteiger partial charge in [0.1, 0.15) is 24.1 Å². The van der Waals surface area contributed by atoms with Crippen molar-refractivity contribution in [1.82, 2.24) is 4.57 Å². The minimum atomic E-state index is -0.815. The quantitative estimate of drug-likeness (QED) is 0.180. The van der Waals surface area contributed by atoms with E-state index in [2.05, 4.69) is 37.9 Å². The number of allylic oxidation sites excluding steroid dienone is 1. The maximum absolute atomic E-state index is 14.3. The fraction of sp³-hybridized carbons (Fsp3) is 0.235. The van der Waals surface area contributed by atoms with Crippen molar-refractivity contribution in [3.63, 3.8) is 0 Å². The number of carbonyl (C=O) groups is 1. The number of hydrogen-bond donors (Lipinski definition) is 0. The molecule has 4 aromatic rings. The third kappa shape index (κ3) is 6.83. The smallest absolute Gasteiger partial charge is 0.338 e. The van der Waals surface area contributed by atoms with Gasteiger partial charge in [-0.1, -0.05) is 63.7 Å². The molecule has 0 unspecified atom stereocenters. The number of halogens is 2. The summed E-state index contributed by atoms with van der Waals surface area (Å²) in [7, 11) is 0. The molecule has 1 aliphatic rings. The monoisotopic (exact) mass is 749 g/mol. The first-order valence-electron chi connectivity index (χ1n) is 14.2. The van der Waals surface area contributed by atoms with Crippen LogP contribution < -0.4 is 24.4 Å². The Balaban J connectivity index is 1.68. The van der Waals surface area contributed by atoms with Gasteiger partial charge < -0.3 is 14.2 Å². The van der Waals surface area contributed by atoms with Crippen molar-refractivity contribution in [2.45, 2.75) is 46.4 Å². The molecule has 0 saturated carbocycles. The number of carbonyl (C=O) groups excluding carboxylic acids is 1. The molecule has 0 amide bonds. The first kappa shape index (κ1) is 32.4. The molecule has 0 aliphatic carbocycles. The predicted octanol–water partition coefficient (Wildman–Crippen LogP) is 6.56. The zero-order valence-electron chi connectivity index (χ0n) is 25.0. The maximum Gasteiger partial charge on any atom is 0.338 e. The summed E-state index contributed by atoms with van der Waals surface area (Å²) in [6.07, 6.45) is 1.62. The molecule has 8 nitrogen and oxygen atoms in total. The molecule has 1 aliphatic heterocycles. The SMILES string of the molecule is CCOC(=O)C1=C(C)N=c2s/c(=C\c3cc(Br)cc(Br)c3OCc3ccccc3C#N)c(=O)n2[C@@H]1c1ccccc1OC(C)C. The van der Waals surface area contributed by atoms with Gasteiger partial charge in [-0.05, 0) is 74.0 Å². The molecule has 230 valence electrons. The van der Waals surface area contributed by atoms with E-state index in [1.807, 2.05) is 62.4 Å². The number of para-hydroxylation sites is 1. The van der Waals surface area contributed by atoms with Crippen LogP contribution >= 0.6 is 43.2 Å². The van der Waals surface area contributed by atoms with Crippen molar-refractivity contribution in [2.24, 2.45) is 4.99 Å². The number of thiazole rings is 1. The first-order chi connectivity index (χ1) is 21.6. The fourth-order valence-electron chi connectivity index (χ4n) is 5.04. The van der Waals surface area contributed by atoms with E-state index in [4.69, 9.17) is 19.2 Å². The summed E-state index contributed by atoms with van der Waals surface area (Å²) < 4.78 is 21.2. The van der Waals surface area contributed by atoms with E-state index in [1.165, 1.54) is 15.9 Å². The number of rotatable bonds is 9. The Hall–Kier alpha value is -3.98. The van der Waals surface area contributed by atoms with Crippen LogP contribution in [0.1, 0.15) is 56.0 Å². The highest BCUT2D eigenvalue weighted by molar-refractivity contribution is 9.11. The average molecular weight is 751 g/mol. The highest BCUT2D eigenvalue weighted by Gasteiger charge is 2.35. The summed E-state index contributed by atoms with van der Waals surface area (Å²) in [6.45, 7) is 7.66. The van der Waals surface area contributed by atoms with Crippen molar-refractivity contribution in [3.05, 3.63) is 123 Å². The summed E-state index contributed by atoms with van der Waals surface area (Å²) in [5, 5.41) is 9.52. The normalized spacial score (nSPS) is 14.5. The Bertz CT molecular complexity index is 2040. The summed E-state index contributed by atoms with van der Waals surface area (Å²) in [4.78, 5) is 32.8. The number of benzene rings is 3. The number of esters is 1. The van der Waals surface area contributed by atoms with Crippen LogP contribution in [-0.2, 0) is 16.1 Å². The van der Waals surface area contributed by atoms with Crippen LogP contribution in [0, 0.1) is 11.3 Å². The van der Waals surface area contributed by atoms with Gasteiger partial charge in [0.05, 0.1) is 44.6 Å². The van der Waals surface area contributed by atoms with Gasteiger partial charge >= 0.3 is 5.97 Å². The summed E-state index contributed by atoms with van der Waals surface area (Å²) >= 11 is 8.37. The Morgan fingerprint density at radius 1 is 1.16 bits per heavy atom. The summed E-state index contributed by atoms with van der Waals surface area (Å²) in [5.74, 6) is 0.530. The Morgan fingerprint density at radius 3 is 2.62 bits per heavy atom. The second-order valence-corrected chi connectivity index (χ2v) is 13.1. The number of ether oxygens (including phenoxy) is 3. The zero-order chi connectivity index (χ0) is 32.2. The molecule has 1 aromatic heterocycles. The van der Waals surface area contributed by atoms with Crippen molar-refractivity contribution < 1.29 is 19.0 Å². The lowest BCUT2D eigenvalue weighted by Gasteiger charge is -2.26. The molecular weight excluding hydrogens is 722 g/mol. The molecule has 11 heteroatoms. The summed E-state index contributed by atoms with van der Waals surface area (Å²) in [6, 6.07) is 19.7. The molecule has 1 atom stereocenters. The fourth-order valence-corrected chi connectivity index (χ4v) is 7.45. The van der Waals surface area contributed by atoms with E-state index in [-0.39, 0.29) is 30.5 Å². The van der Waals surface area contributed by atoms with E-state index < -0.39 is 12.0 Å². The van der Waals surface area contributed by atoms with Crippen LogP contribution in [0.3, 0.4) is 0 Å². The predicted molar refractivity (Wildman–Crippen MR) is 180 cm³/mol. The molecule has 0 N–H and O–H groups in total. The standard InChI is InChI=1S/C34H29Br2N3O5S/c1-5-42-33(41)29-20(4)38-34-39(30(29)25-12-8-9-13-27(25)44-19(2)3)32(40)28(45-34)15-23-14-24(35)16-26(36)31(23)43-18-22-11-7-6-10-21(22)17-37/h6-16,19,30H,5,18H2,1-4H3/b28-15-/t30-/m1/s1. The molecule has 0 fully saturated rings. The zero-order valence-corrected chi connectivity index (χ0v) is 29.0. The first-order valence-corrected chi connectivity index (χ1v) is 16.6. The Labute approximate surface area is 281 Å². The highest BCUT2D eigenvalue weighted by Crippen LogP contribution is 2.37. The number of nitrogens with zero attached hydrogens (tertiary/aromatic N) is 3. The van der Waals surface area contributed by atoms with Gasteiger partial charge in [0.2, 0.25) is 0 Å². The molecule has 2 heterocycles. The maximum atomic E-state index is 14.3. The molecule has 5 rings (SSSR count).